The summed E-state index contributed by atoms with van der Waals surface area (Å²) in [6.07, 6.45) is 0. The molecule has 0 aromatic heterocycles. The van der Waals surface area contributed by atoms with Crippen LogP contribution in [0, 0.1) is 0 Å². The van der Waals surface area contributed by atoms with Crippen molar-refractivity contribution in [2.75, 3.05) is 13.1 Å². The van der Waals surface area contributed by atoms with E-state index in [2.05, 4.69) is 15.8 Å². The van der Waals surface area contributed by atoms with Gasteiger partial charge in [0, 0.05) is 0 Å². The first-order valence-electron chi connectivity index (χ1n) is 2.91. The van der Waals surface area contributed by atoms with Gasteiger partial charge in [0.1, 0.15) is 6.54 Å². The third-order valence-electron chi connectivity index (χ3n) is 0.645. The van der Waals surface area contributed by atoms with Gasteiger partial charge in [-0.2, -0.15) is 5.11 Å². The molecule has 0 spiro atoms. The van der Waals surface area contributed by atoms with Gasteiger partial charge in [-0.3, -0.25) is 9.59 Å². The maximum Gasteiger partial charge on any atom is 0.327 e. The number of carboxylic acids is 2. The van der Waals surface area contributed by atoms with E-state index in [0.29, 0.717) is 0 Å². The van der Waals surface area contributed by atoms with Crippen LogP contribution in [0.3, 0.4) is 0 Å². The average Bonchev–Trinajstić information content (AvgIpc) is 1.95. The molecule has 0 aliphatic carbocycles. The Balaban J connectivity index is 3.25. The number of carbonyl (C=O) groups is 2. The van der Waals surface area contributed by atoms with Crippen LogP contribution < -0.4 is 11.0 Å². The zero-order valence-corrected chi connectivity index (χ0v) is 6.02. The summed E-state index contributed by atoms with van der Waals surface area (Å²) in [5, 5.41) is 22.4. The molecule has 0 heterocycles. The first-order chi connectivity index (χ1) is 5.63. The lowest BCUT2D eigenvalue weighted by atomic mass is 10.7. The molecule has 0 bridgehead atoms. The van der Waals surface area contributed by atoms with E-state index >= 15 is 0 Å². The Labute approximate surface area is 67.2 Å². The van der Waals surface area contributed by atoms with Crippen molar-refractivity contribution in [1.82, 2.24) is 11.0 Å². The second-order valence-corrected chi connectivity index (χ2v) is 1.65. The minimum atomic E-state index is -1.11. The summed E-state index contributed by atoms with van der Waals surface area (Å²) in [5.41, 5.74) is 4.19. The van der Waals surface area contributed by atoms with Gasteiger partial charge >= 0.3 is 11.9 Å². The minimum absolute atomic E-state index is 0.327. The predicted octanol–water partition coefficient (Wildman–Crippen LogP) is -1.38. The van der Waals surface area contributed by atoms with E-state index in [1.807, 2.05) is 5.53 Å². The molecule has 0 fully saturated rings. The fraction of sp³-hybridized carbons (Fsp3) is 0.500. The topological polar surface area (TPSA) is 123 Å². The fourth-order valence-electron chi connectivity index (χ4n) is 0.282. The Morgan fingerprint density at radius 2 is 1.92 bits per heavy atom. The molecule has 68 valence electrons. The van der Waals surface area contributed by atoms with Crippen molar-refractivity contribution in [3.8, 4) is 0 Å². The molecule has 4 N–H and O–H groups in total. The summed E-state index contributed by atoms with van der Waals surface area (Å²) in [4.78, 5) is 19.7. The van der Waals surface area contributed by atoms with Crippen LogP contribution in [0.25, 0.3) is 0 Å². The molecule has 12 heavy (non-hydrogen) atoms. The quantitative estimate of drug-likeness (QED) is 0.224. The van der Waals surface area contributed by atoms with Crippen LogP contribution in [0.1, 0.15) is 0 Å². The summed E-state index contributed by atoms with van der Waals surface area (Å²) >= 11 is 0. The van der Waals surface area contributed by atoms with Crippen molar-refractivity contribution in [3.63, 3.8) is 0 Å². The zero-order chi connectivity index (χ0) is 9.40. The Kier molecular flexibility index (Phi) is 5.18. The first-order valence-corrected chi connectivity index (χ1v) is 2.91. The third kappa shape index (κ3) is 8.30. The fourth-order valence-corrected chi connectivity index (χ4v) is 0.282. The molecule has 0 saturated carbocycles. The number of nitrogens with one attached hydrogen (secondary N) is 2. The molecule has 0 atom stereocenters. The molecule has 0 aromatic rings. The normalized spacial score (nSPS) is 10.0. The lowest BCUT2D eigenvalue weighted by molar-refractivity contribution is -0.137. The highest BCUT2D eigenvalue weighted by Crippen LogP contribution is 1.69. The second kappa shape index (κ2) is 6.04. The summed E-state index contributed by atoms with van der Waals surface area (Å²) < 4.78 is 0. The van der Waals surface area contributed by atoms with Gasteiger partial charge in [-0.05, 0) is 0 Å². The highest BCUT2D eigenvalue weighted by atomic mass is 16.4. The molecule has 0 rings (SSSR count). The highest BCUT2D eigenvalue weighted by molar-refractivity contribution is 5.69. The number of carboxylic acid groups (broad SMARTS) is 2. The average molecular weight is 176 g/mol. The van der Waals surface area contributed by atoms with Crippen molar-refractivity contribution >= 4 is 11.9 Å². The second-order valence-electron chi connectivity index (χ2n) is 1.65. The molecule has 8 nitrogen and oxygen atoms in total. The molecule has 0 unspecified atom stereocenters. The van der Waals surface area contributed by atoms with Gasteiger partial charge < -0.3 is 10.2 Å². The first kappa shape index (κ1) is 10.3. The molecule has 0 radical (unpaired) electrons. The summed E-state index contributed by atoms with van der Waals surface area (Å²) in [7, 11) is 0. The summed E-state index contributed by atoms with van der Waals surface area (Å²) in [6.45, 7) is -0.784. The maximum atomic E-state index is 9.87. The summed E-state index contributed by atoms with van der Waals surface area (Å²) in [6, 6.07) is 0. The van der Waals surface area contributed by atoms with Crippen molar-refractivity contribution < 1.29 is 19.8 Å². The standard InChI is InChI=1S/C4H8N4O4/c9-3(10)1-5-7-8-6-2-4(11)12/h1-2H2,(H,5,8)(H,6,7)(H,9,10)(H,11,12). The number of hydrazine groups is 1. The van der Waals surface area contributed by atoms with E-state index in [0.717, 1.165) is 0 Å². The SMILES string of the molecule is O=C(O)CN=NNNCC(=O)O. The summed E-state index contributed by atoms with van der Waals surface area (Å²) in [5.74, 6) is -2.17. The Bertz CT molecular complexity index is 191. The van der Waals surface area contributed by atoms with Crippen LogP contribution in [0.5, 0.6) is 0 Å². The van der Waals surface area contributed by atoms with E-state index in [4.69, 9.17) is 10.2 Å². The lowest BCUT2D eigenvalue weighted by Gasteiger charge is -1.95. The van der Waals surface area contributed by atoms with Crippen LogP contribution in [-0.4, -0.2) is 35.2 Å². The number of nitrogens with zero attached hydrogens (tertiary/aromatic N) is 2. The van der Waals surface area contributed by atoms with Crippen LogP contribution in [-0.2, 0) is 9.59 Å². The Morgan fingerprint density at radius 1 is 1.25 bits per heavy atom. The van der Waals surface area contributed by atoms with Crippen molar-refractivity contribution in [2.45, 2.75) is 0 Å². The van der Waals surface area contributed by atoms with Gasteiger partial charge in [-0.25, -0.2) is 11.0 Å². The molecule has 0 aromatic carbocycles. The maximum absolute atomic E-state index is 9.87. The van der Waals surface area contributed by atoms with E-state index < -0.39 is 18.5 Å². The van der Waals surface area contributed by atoms with Crippen molar-refractivity contribution in [3.05, 3.63) is 0 Å². The van der Waals surface area contributed by atoms with Gasteiger partial charge in [0.2, 0.25) is 0 Å². The smallest absolute Gasteiger partial charge is 0.327 e. The van der Waals surface area contributed by atoms with Crippen molar-refractivity contribution in [2.24, 2.45) is 10.3 Å². The molecule has 8 heteroatoms. The van der Waals surface area contributed by atoms with E-state index in [9.17, 15) is 9.59 Å². The predicted molar refractivity (Wildman–Crippen MR) is 36.1 cm³/mol. The zero-order valence-electron chi connectivity index (χ0n) is 6.02. The van der Waals surface area contributed by atoms with Crippen molar-refractivity contribution in [1.29, 1.82) is 0 Å². The minimum Gasteiger partial charge on any atom is -0.480 e. The van der Waals surface area contributed by atoms with E-state index in [-0.39, 0.29) is 6.54 Å². The number of rotatable bonds is 6. The number of hydrogen-bond acceptors (Lipinski definition) is 5. The number of hydrogen-bond donors (Lipinski definition) is 4. The van der Waals surface area contributed by atoms with Crippen LogP contribution in [0.2, 0.25) is 0 Å². The van der Waals surface area contributed by atoms with E-state index in [1.165, 1.54) is 0 Å². The van der Waals surface area contributed by atoms with Gasteiger partial charge in [-0.15, -0.1) is 0 Å². The molecular weight excluding hydrogens is 168 g/mol. The largest absolute Gasteiger partial charge is 0.480 e. The van der Waals surface area contributed by atoms with Crippen LogP contribution in [0.4, 0.5) is 0 Å². The van der Waals surface area contributed by atoms with Gasteiger partial charge in [-0.1, -0.05) is 5.22 Å². The van der Waals surface area contributed by atoms with E-state index in [1.54, 1.807) is 0 Å². The Hall–Kier alpha value is -1.70. The number of aliphatic carboxylic acids is 2. The molecule has 0 aliphatic rings. The third-order valence-corrected chi connectivity index (χ3v) is 0.645. The van der Waals surface area contributed by atoms with Crippen LogP contribution >= 0.6 is 0 Å². The van der Waals surface area contributed by atoms with Gasteiger partial charge in [0.05, 0.1) is 0 Å². The molecule has 0 saturated heterocycles. The van der Waals surface area contributed by atoms with Crippen LogP contribution in [0.15, 0.2) is 10.3 Å². The lowest BCUT2D eigenvalue weighted by Crippen LogP contribution is -2.31. The monoisotopic (exact) mass is 176 g/mol. The highest BCUT2D eigenvalue weighted by Gasteiger charge is 1.92. The molecule has 0 amide bonds. The van der Waals surface area contributed by atoms with Gasteiger partial charge in [0.25, 0.3) is 0 Å². The Morgan fingerprint density at radius 3 is 2.42 bits per heavy atom. The molecule has 0 aliphatic heterocycles. The van der Waals surface area contributed by atoms with Gasteiger partial charge in [0.15, 0.2) is 6.54 Å². The molecular formula is C4H8N4O4.